The van der Waals surface area contributed by atoms with Gasteiger partial charge in [-0.3, -0.25) is 0 Å². The van der Waals surface area contributed by atoms with Gasteiger partial charge in [0.25, 0.3) is 5.92 Å². The fraction of sp³-hybridized carbons (Fsp3) is 0.760. The highest BCUT2D eigenvalue weighted by Gasteiger charge is 2.24. The molecule has 1 fully saturated rings. The summed E-state index contributed by atoms with van der Waals surface area (Å²) in [7, 11) is 0. The van der Waals surface area contributed by atoms with E-state index in [-0.39, 0.29) is 11.0 Å². The van der Waals surface area contributed by atoms with Gasteiger partial charge in [0.1, 0.15) is 0 Å². The van der Waals surface area contributed by atoms with Gasteiger partial charge in [0.05, 0.1) is 0 Å². The first-order valence-corrected chi connectivity index (χ1v) is 10.6. The average molecular weight is 381 g/mol. The van der Waals surface area contributed by atoms with E-state index in [2.05, 4.69) is 48.5 Å². The highest BCUT2D eigenvalue weighted by molar-refractivity contribution is 5.25. The average Bonchev–Trinajstić information content (AvgIpc) is 2.47. The molecule has 1 aliphatic rings. The van der Waals surface area contributed by atoms with Crippen molar-refractivity contribution in [3.8, 4) is 0 Å². The highest BCUT2D eigenvalue weighted by atomic mass is 19.3. The van der Waals surface area contributed by atoms with Crippen LogP contribution < -0.4 is 0 Å². The van der Waals surface area contributed by atoms with Gasteiger partial charge in [-0.25, -0.2) is 8.78 Å². The van der Waals surface area contributed by atoms with E-state index in [1.807, 2.05) is 0 Å². The number of rotatable bonds is 3. The van der Waals surface area contributed by atoms with E-state index in [1.165, 1.54) is 44.2 Å². The molecule has 1 aromatic carbocycles. The van der Waals surface area contributed by atoms with E-state index >= 15 is 0 Å². The minimum Gasteiger partial charge on any atom is -0.202 e. The van der Waals surface area contributed by atoms with Crippen LogP contribution in [0, 0.1) is 22.7 Å². The van der Waals surface area contributed by atoms with Gasteiger partial charge >= 0.3 is 0 Å². The molecule has 0 spiro atoms. The van der Waals surface area contributed by atoms with Gasteiger partial charge in [-0.15, -0.1) is 0 Å². The number of alkyl halides is 2. The van der Waals surface area contributed by atoms with Crippen LogP contribution in [0.2, 0.25) is 0 Å². The molecule has 156 valence electrons. The van der Waals surface area contributed by atoms with E-state index in [0.29, 0.717) is 5.41 Å². The zero-order valence-corrected chi connectivity index (χ0v) is 19.0. The van der Waals surface area contributed by atoms with Gasteiger partial charge in [-0.05, 0) is 41.1 Å². The summed E-state index contributed by atoms with van der Waals surface area (Å²) in [5.74, 6) is -0.706. The van der Waals surface area contributed by atoms with Crippen LogP contribution in [0.3, 0.4) is 0 Å². The first-order chi connectivity index (χ1) is 12.2. The largest absolute Gasteiger partial charge is 0.270 e. The van der Waals surface area contributed by atoms with Crippen molar-refractivity contribution in [3.63, 3.8) is 0 Å². The van der Waals surface area contributed by atoms with Gasteiger partial charge in [0.15, 0.2) is 0 Å². The Morgan fingerprint density at radius 3 is 1.63 bits per heavy atom. The quantitative estimate of drug-likeness (QED) is 0.492. The lowest BCUT2D eigenvalue weighted by atomic mass is 9.75. The van der Waals surface area contributed by atoms with Gasteiger partial charge in [-0.2, -0.15) is 0 Å². The smallest absolute Gasteiger partial charge is 0.202 e. The van der Waals surface area contributed by atoms with E-state index in [0.717, 1.165) is 30.7 Å². The van der Waals surface area contributed by atoms with Crippen LogP contribution in [-0.4, -0.2) is 0 Å². The Kier molecular flexibility index (Phi) is 8.51. The SMILES string of the molecule is CC(C)(C)Cc1ccc(C(C)(F)F)cc1.CC1CCC(CC(C)(C)C)CC1. The third-order valence-electron chi connectivity index (χ3n) is 5.23. The zero-order valence-electron chi connectivity index (χ0n) is 19.0. The lowest BCUT2D eigenvalue weighted by Gasteiger charge is -2.31. The lowest BCUT2D eigenvalue weighted by Crippen LogP contribution is -2.18. The minimum absolute atomic E-state index is 0.0835. The molecule has 1 aliphatic carbocycles. The van der Waals surface area contributed by atoms with Crippen LogP contribution in [0.5, 0.6) is 0 Å². The van der Waals surface area contributed by atoms with Crippen molar-refractivity contribution in [2.75, 3.05) is 0 Å². The van der Waals surface area contributed by atoms with Crippen molar-refractivity contribution in [3.05, 3.63) is 35.4 Å². The third kappa shape index (κ3) is 10.9. The fourth-order valence-electron chi connectivity index (χ4n) is 3.93. The predicted molar refractivity (Wildman–Crippen MR) is 114 cm³/mol. The Morgan fingerprint density at radius 1 is 0.778 bits per heavy atom. The Bertz CT molecular complexity index is 530. The molecule has 0 amide bonds. The molecule has 0 atom stereocenters. The van der Waals surface area contributed by atoms with Gasteiger partial charge < -0.3 is 0 Å². The fourth-order valence-corrected chi connectivity index (χ4v) is 3.93. The summed E-state index contributed by atoms with van der Waals surface area (Å²) in [5, 5.41) is 0. The second kappa shape index (κ2) is 9.52. The molecule has 0 nitrogen and oxygen atoms in total. The van der Waals surface area contributed by atoms with Crippen LogP contribution in [0.25, 0.3) is 0 Å². The van der Waals surface area contributed by atoms with Gasteiger partial charge in [-0.1, -0.05) is 98.4 Å². The monoisotopic (exact) mass is 380 g/mol. The Labute approximate surface area is 167 Å². The number of hydrogen-bond donors (Lipinski definition) is 0. The molecule has 2 heteroatoms. The molecule has 0 radical (unpaired) electrons. The third-order valence-corrected chi connectivity index (χ3v) is 5.23. The molecule has 0 heterocycles. The van der Waals surface area contributed by atoms with Crippen molar-refractivity contribution in [1.29, 1.82) is 0 Å². The Morgan fingerprint density at radius 2 is 1.26 bits per heavy atom. The number of benzene rings is 1. The summed E-state index contributed by atoms with van der Waals surface area (Å²) in [4.78, 5) is 0. The van der Waals surface area contributed by atoms with Gasteiger partial charge in [0, 0.05) is 12.5 Å². The summed E-state index contributed by atoms with van der Waals surface area (Å²) in [6.45, 7) is 16.8. The number of hydrogen-bond acceptors (Lipinski definition) is 0. The lowest BCUT2D eigenvalue weighted by molar-refractivity contribution is 0.0174. The van der Waals surface area contributed by atoms with Crippen LogP contribution in [0.4, 0.5) is 8.78 Å². The summed E-state index contributed by atoms with van der Waals surface area (Å²) < 4.78 is 25.8. The molecule has 1 saturated carbocycles. The Hall–Kier alpha value is -0.920. The maximum absolute atomic E-state index is 12.9. The molecule has 1 aromatic rings. The van der Waals surface area contributed by atoms with E-state index in [9.17, 15) is 8.78 Å². The van der Waals surface area contributed by atoms with E-state index in [1.54, 1.807) is 12.1 Å². The van der Waals surface area contributed by atoms with Crippen LogP contribution >= 0.6 is 0 Å². The maximum Gasteiger partial charge on any atom is 0.270 e. The molecule has 0 unspecified atom stereocenters. The summed E-state index contributed by atoms with van der Waals surface area (Å²) in [6.07, 6.45) is 8.25. The minimum atomic E-state index is -2.74. The van der Waals surface area contributed by atoms with E-state index < -0.39 is 5.92 Å². The Balaban J connectivity index is 0.000000277. The number of halogens is 2. The molecule has 2 rings (SSSR count). The summed E-state index contributed by atoms with van der Waals surface area (Å²) in [5.41, 5.74) is 1.93. The molecule has 0 saturated heterocycles. The highest BCUT2D eigenvalue weighted by Crippen LogP contribution is 2.36. The summed E-state index contributed by atoms with van der Waals surface area (Å²) >= 11 is 0. The molecular formula is C25H42F2. The van der Waals surface area contributed by atoms with Crippen molar-refractivity contribution < 1.29 is 8.78 Å². The normalized spacial score (nSPS) is 21.4. The molecule has 0 bridgehead atoms. The second-order valence-corrected chi connectivity index (χ2v) is 11.2. The van der Waals surface area contributed by atoms with Crippen molar-refractivity contribution in [1.82, 2.24) is 0 Å². The first-order valence-electron chi connectivity index (χ1n) is 10.6. The summed E-state index contributed by atoms with van der Waals surface area (Å²) in [6, 6.07) is 6.61. The van der Waals surface area contributed by atoms with Crippen LogP contribution in [-0.2, 0) is 12.3 Å². The molecule has 27 heavy (non-hydrogen) atoms. The van der Waals surface area contributed by atoms with Crippen molar-refractivity contribution in [2.45, 2.75) is 99.8 Å². The second-order valence-electron chi connectivity index (χ2n) is 11.2. The molecular weight excluding hydrogens is 338 g/mol. The zero-order chi connectivity index (χ0) is 20.9. The van der Waals surface area contributed by atoms with Crippen molar-refractivity contribution >= 4 is 0 Å². The standard InChI is InChI=1S/C13H18F2.C12H24/c1-12(2,3)9-10-5-7-11(8-6-10)13(4,14)15;1-10-5-7-11(8-6-10)9-12(2,3)4/h5-8H,9H2,1-4H3;10-11H,5-9H2,1-4H3. The van der Waals surface area contributed by atoms with Crippen molar-refractivity contribution in [2.24, 2.45) is 22.7 Å². The molecule has 0 N–H and O–H groups in total. The maximum atomic E-state index is 12.9. The van der Waals surface area contributed by atoms with Crippen LogP contribution in [0.1, 0.15) is 98.6 Å². The van der Waals surface area contributed by atoms with Gasteiger partial charge in [0.2, 0.25) is 0 Å². The topological polar surface area (TPSA) is 0 Å². The molecule has 0 aromatic heterocycles. The predicted octanol–water partition coefficient (Wildman–Crippen LogP) is 8.64. The first kappa shape index (κ1) is 24.1. The van der Waals surface area contributed by atoms with Crippen LogP contribution in [0.15, 0.2) is 24.3 Å². The van der Waals surface area contributed by atoms with E-state index in [4.69, 9.17) is 0 Å². The molecule has 0 aliphatic heterocycles.